The number of benzene rings is 4. The first-order chi connectivity index (χ1) is 17.8. The molecular weight excluding hydrogens is 585 g/mol. The molecule has 2 amide bonds. The van der Waals surface area contributed by atoms with Crippen molar-refractivity contribution in [1.82, 2.24) is 10.1 Å². The van der Waals surface area contributed by atoms with E-state index in [0.29, 0.717) is 7.16 Å². The van der Waals surface area contributed by atoms with E-state index in [1.807, 2.05) is 60.7 Å². The van der Waals surface area contributed by atoms with Crippen molar-refractivity contribution < 1.29 is 24.7 Å². The van der Waals surface area contributed by atoms with Crippen LogP contribution in [0, 0.1) is 11.6 Å². The summed E-state index contributed by atoms with van der Waals surface area (Å²) in [4.78, 5) is 26.4. The molecule has 0 bridgehead atoms. The Labute approximate surface area is 218 Å². The van der Waals surface area contributed by atoms with Gasteiger partial charge in [0, 0.05) is 0 Å². The maximum atomic E-state index is 13.4. The van der Waals surface area contributed by atoms with Crippen LogP contribution in [0.3, 0.4) is 0 Å². The minimum atomic E-state index is -4.86. The van der Waals surface area contributed by atoms with E-state index in [4.69, 9.17) is 6.35 Å². The van der Waals surface area contributed by atoms with Gasteiger partial charge in [-0.1, -0.05) is 0 Å². The summed E-state index contributed by atoms with van der Waals surface area (Å²) < 4.78 is 41.1. The van der Waals surface area contributed by atoms with Gasteiger partial charge in [0.05, 0.1) is 0 Å². The second kappa shape index (κ2) is 11.6. The van der Waals surface area contributed by atoms with Crippen molar-refractivity contribution in [1.29, 1.82) is 0 Å². The molecule has 0 aromatic heterocycles. The van der Waals surface area contributed by atoms with Crippen LogP contribution in [0.25, 0.3) is 0 Å². The Morgan fingerprint density at radius 3 is 1.22 bits per heavy atom. The molecule has 0 atom stereocenters. The minimum absolute atomic E-state index is 0.223. The van der Waals surface area contributed by atoms with Gasteiger partial charge in [-0.25, -0.2) is 0 Å². The predicted octanol–water partition coefficient (Wildman–Crippen LogP) is 3.93. The third kappa shape index (κ3) is 6.04. The van der Waals surface area contributed by atoms with E-state index in [1.54, 1.807) is 0 Å². The van der Waals surface area contributed by atoms with Gasteiger partial charge in [-0.15, -0.1) is 0 Å². The van der Waals surface area contributed by atoms with Crippen LogP contribution >= 0.6 is 0 Å². The molecule has 0 aliphatic heterocycles. The average Bonchev–Trinajstić information content (AvgIpc) is 2.93. The first kappa shape index (κ1) is 26.5. The van der Waals surface area contributed by atoms with E-state index >= 15 is 0 Å². The van der Waals surface area contributed by atoms with Crippen LogP contribution in [0.5, 0.6) is 0 Å². The van der Waals surface area contributed by atoms with E-state index in [2.05, 4.69) is 0 Å². The standard InChI is InChI=1S/2C8H7FNO2.2C6H5.Sn/c2*1-10(12)8(11)6-2-4-7(9)5-3-6;2*1-2-4-6-5-3-1;/h2*2-5H,1H3;2*1-5H;/q2*-1;;;+2. The Morgan fingerprint density at radius 1 is 0.568 bits per heavy atom. The number of hydroxylamine groups is 4. The molecule has 0 saturated carbocycles. The number of nitrogens with zero attached hydrogens (tertiary/aromatic N) is 2. The van der Waals surface area contributed by atoms with Crippen LogP contribution in [0.15, 0.2) is 109 Å². The summed E-state index contributed by atoms with van der Waals surface area (Å²) in [6.45, 7) is 0. The van der Waals surface area contributed by atoms with Gasteiger partial charge in [-0.3, -0.25) is 0 Å². The zero-order valence-electron chi connectivity index (χ0n) is 20.2. The third-order valence-electron chi connectivity index (χ3n) is 5.59. The molecule has 37 heavy (non-hydrogen) atoms. The van der Waals surface area contributed by atoms with Gasteiger partial charge in [0.15, 0.2) is 0 Å². The number of carbonyl (C=O) groups is 2. The molecular formula is C28H24F2N2O4Sn. The van der Waals surface area contributed by atoms with E-state index in [0.717, 1.165) is 10.1 Å². The summed E-state index contributed by atoms with van der Waals surface area (Å²) in [5, 5.41) is 2.14. The molecule has 0 radical (unpaired) electrons. The van der Waals surface area contributed by atoms with Gasteiger partial charge in [0.2, 0.25) is 0 Å². The maximum absolute atomic E-state index is 13.4. The molecule has 4 aromatic carbocycles. The van der Waals surface area contributed by atoms with Gasteiger partial charge in [-0.2, -0.15) is 0 Å². The summed E-state index contributed by atoms with van der Waals surface area (Å²) >= 11 is -4.86. The van der Waals surface area contributed by atoms with Crippen molar-refractivity contribution in [2.45, 2.75) is 0 Å². The van der Waals surface area contributed by atoms with Crippen LogP contribution in [0.1, 0.15) is 20.7 Å². The summed E-state index contributed by atoms with van der Waals surface area (Å²) in [7, 11) is 2.91. The van der Waals surface area contributed by atoms with E-state index in [-0.39, 0.29) is 11.1 Å². The molecule has 6 nitrogen and oxygen atoms in total. The normalized spacial score (nSPS) is 11.1. The average molecular weight is 609 g/mol. The SMILES string of the molecule is CN([O][Sn]([O]N(C)C(=O)c1ccc(F)cc1)([c]1ccccc1)[c]1ccccc1)C(=O)c1ccc(F)cc1. The van der Waals surface area contributed by atoms with Crippen LogP contribution in [-0.2, 0) is 6.35 Å². The van der Waals surface area contributed by atoms with E-state index in [1.165, 1.54) is 62.6 Å². The van der Waals surface area contributed by atoms with Crippen molar-refractivity contribution in [2.75, 3.05) is 14.1 Å². The molecule has 0 spiro atoms. The Bertz CT molecular complexity index is 1250. The quantitative estimate of drug-likeness (QED) is 0.225. The molecule has 9 heteroatoms. The van der Waals surface area contributed by atoms with Gasteiger partial charge in [0.25, 0.3) is 0 Å². The first-order valence-corrected chi connectivity index (χ1v) is 16.5. The Hall–Kier alpha value is -3.60. The summed E-state index contributed by atoms with van der Waals surface area (Å²) in [6, 6.07) is 28.5. The van der Waals surface area contributed by atoms with Gasteiger partial charge < -0.3 is 0 Å². The summed E-state index contributed by atoms with van der Waals surface area (Å²) in [5.74, 6) is -1.95. The molecule has 0 saturated heterocycles. The molecule has 0 fully saturated rings. The fraction of sp³-hybridized carbons (Fsp3) is 0.0714. The molecule has 0 heterocycles. The van der Waals surface area contributed by atoms with E-state index in [9.17, 15) is 18.4 Å². The summed E-state index contributed by atoms with van der Waals surface area (Å²) in [5.41, 5.74) is 0.446. The topological polar surface area (TPSA) is 59.1 Å². The third-order valence-corrected chi connectivity index (χ3v) is 14.9. The Morgan fingerprint density at radius 2 is 0.892 bits per heavy atom. The van der Waals surface area contributed by atoms with Gasteiger partial charge in [0.1, 0.15) is 0 Å². The fourth-order valence-corrected chi connectivity index (χ4v) is 12.3. The van der Waals surface area contributed by atoms with E-state index < -0.39 is 42.7 Å². The molecule has 188 valence electrons. The zero-order chi connectivity index (χ0) is 26.4. The summed E-state index contributed by atoms with van der Waals surface area (Å²) in [6.07, 6.45) is 0. The van der Waals surface area contributed by atoms with Gasteiger partial charge in [-0.05, 0) is 0 Å². The number of halogens is 2. The second-order valence-electron chi connectivity index (χ2n) is 8.15. The van der Waals surface area contributed by atoms with Crippen molar-refractivity contribution in [2.24, 2.45) is 0 Å². The zero-order valence-corrected chi connectivity index (χ0v) is 23.0. The predicted molar refractivity (Wildman–Crippen MR) is 137 cm³/mol. The Kier molecular flexibility index (Phi) is 8.32. The number of amides is 2. The van der Waals surface area contributed by atoms with Crippen molar-refractivity contribution >= 4 is 38.2 Å². The molecule has 4 rings (SSSR count). The van der Waals surface area contributed by atoms with Crippen molar-refractivity contribution in [3.05, 3.63) is 132 Å². The second-order valence-corrected chi connectivity index (χ2v) is 16.0. The fourth-order valence-electron chi connectivity index (χ4n) is 3.73. The van der Waals surface area contributed by atoms with Crippen molar-refractivity contribution in [3.63, 3.8) is 0 Å². The monoisotopic (exact) mass is 610 g/mol. The van der Waals surface area contributed by atoms with Crippen LogP contribution in [0.2, 0.25) is 0 Å². The number of carbonyl (C=O) groups excluding carboxylic acids is 2. The number of hydrogen-bond acceptors (Lipinski definition) is 4. The van der Waals surface area contributed by atoms with Crippen molar-refractivity contribution in [3.8, 4) is 0 Å². The first-order valence-electron chi connectivity index (χ1n) is 11.4. The number of hydrogen-bond donors (Lipinski definition) is 0. The molecule has 0 aliphatic carbocycles. The molecule has 0 N–H and O–H groups in total. The van der Waals surface area contributed by atoms with Gasteiger partial charge >= 0.3 is 219 Å². The molecule has 4 aromatic rings. The van der Waals surface area contributed by atoms with Crippen LogP contribution < -0.4 is 7.16 Å². The Balaban J connectivity index is 1.76. The van der Waals surface area contributed by atoms with Crippen LogP contribution in [0.4, 0.5) is 8.78 Å². The molecule has 0 unspecified atom stereocenters. The molecule has 0 aliphatic rings. The number of rotatable bonds is 8. The van der Waals surface area contributed by atoms with Crippen LogP contribution in [-0.4, -0.2) is 55.2 Å².